The molecule has 0 saturated heterocycles. The van der Waals surface area contributed by atoms with Crippen molar-refractivity contribution < 1.29 is 4.74 Å². The molecule has 2 nitrogen and oxygen atoms in total. The summed E-state index contributed by atoms with van der Waals surface area (Å²) in [7, 11) is 0. The Balaban J connectivity index is 2.38. The van der Waals surface area contributed by atoms with E-state index in [9.17, 15) is 0 Å². The predicted molar refractivity (Wildman–Crippen MR) is 68.7 cm³/mol. The van der Waals surface area contributed by atoms with Gasteiger partial charge in [0.15, 0.2) is 0 Å². The van der Waals surface area contributed by atoms with E-state index < -0.39 is 0 Å². The fourth-order valence-electron chi connectivity index (χ4n) is 1.41. The predicted octanol–water partition coefficient (Wildman–Crippen LogP) is 2.92. The summed E-state index contributed by atoms with van der Waals surface area (Å²) in [6, 6.07) is 8.50. The normalized spacial score (nSPS) is 12.1. The molecule has 1 rings (SSSR count). The highest BCUT2D eigenvalue weighted by molar-refractivity contribution is 5.27. The second-order valence-corrected chi connectivity index (χ2v) is 4.09. The van der Waals surface area contributed by atoms with Crippen molar-refractivity contribution in [2.45, 2.75) is 32.2 Å². The summed E-state index contributed by atoms with van der Waals surface area (Å²) in [5.74, 6) is 0.923. The molecule has 0 aliphatic rings. The Kier molecular flexibility index (Phi) is 5.65. The van der Waals surface area contributed by atoms with E-state index in [-0.39, 0.29) is 6.04 Å². The summed E-state index contributed by atoms with van der Waals surface area (Å²) in [5, 5.41) is 0. The molecule has 0 aliphatic heterocycles. The highest BCUT2D eigenvalue weighted by Crippen LogP contribution is 2.14. The van der Waals surface area contributed by atoms with Crippen LogP contribution in [0.5, 0.6) is 5.75 Å². The third-order valence-corrected chi connectivity index (χ3v) is 2.40. The van der Waals surface area contributed by atoms with Crippen molar-refractivity contribution in [2.24, 2.45) is 5.73 Å². The maximum atomic E-state index is 5.72. The van der Waals surface area contributed by atoms with Gasteiger partial charge < -0.3 is 10.5 Å². The van der Waals surface area contributed by atoms with Gasteiger partial charge in [-0.05, 0) is 43.9 Å². The molecule has 88 valence electrons. The maximum absolute atomic E-state index is 5.72. The van der Waals surface area contributed by atoms with Gasteiger partial charge in [-0.25, -0.2) is 0 Å². The molecule has 0 spiro atoms. The van der Waals surface area contributed by atoms with Crippen LogP contribution in [0.2, 0.25) is 0 Å². The number of ether oxygens (including phenoxy) is 1. The average Bonchev–Trinajstić information content (AvgIpc) is 2.28. The van der Waals surface area contributed by atoms with Crippen LogP contribution in [-0.4, -0.2) is 12.6 Å². The minimum Gasteiger partial charge on any atom is -0.493 e. The molecular weight excluding hydrogens is 198 g/mol. The summed E-state index contributed by atoms with van der Waals surface area (Å²) in [4.78, 5) is 0. The first-order valence-corrected chi connectivity index (χ1v) is 5.80. The summed E-state index contributed by atoms with van der Waals surface area (Å²) < 4.78 is 5.53. The van der Waals surface area contributed by atoms with Crippen LogP contribution in [0, 0.1) is 0 Å². The Hall–Kier alpha value is -1.28. The van der Waals surface area contributed by atoms with Crippen LogP contribution in [0.15, 0.2) is 36.9 Å². The van der Waals surface area contributed by atoms with Crippen molar-refractivity contribution in [3.63, 3.8) is 0 Å². The van der Waals surface area contributed by atoms with Gasteiger partial charge in [0.05, 0.1) is 6.61 Å². The molecular formula is C14H21NO. The van der Waals surface area contributed by atoms with E-state index in [1.54, 1.807) is 0 Å². The molecule has 0 heterocycles. The molecule has 0 fully saturated rings. The van der Waals surface area contributed by atoms with Crippen LogP contribution in [0.1, 0.15) is 25.3 Å². The summed E-state index contributed by atoms with van der Waals surface area (Å²) in [5.41, 5.74) is 7.03. The fraction of sp³-hybridized carbons (Fsp3) is 0.429. The van der Waals surface area contributed by atoms with Gasteiger partial charge in [-0.15, -0.1) is 6.58 Å². The first-order chi connectivity index (χ1) is 7.72. The Bertz CT molecular complexity index is 303. The molecule has 0 bridgehead atoms. The van der Waals surface area contributed by atoms with Crippen LogP contribution < -0.4 is 10.5 Å². The van der Waals surface area contributed by atoms with Crippen LogP contribution in [0.3, 0.4) is 0 Å². The molecule has 0 aliphatic carbocycles. The highest BCUT2D eigenvalue weighted by Gasteiger charge is 1.98. The van der Waals surface area contributed by atoms with Gasteiger partial charge in [0, 0.05) is 6.04 Å². The lowest BCUT2D eigenvalue weighted by molar-refractivity contribution is 0.325. The number of aryl methyl sites for hydroxylation is 1. The van der Waals surface area contributed by atoms with Gasteiger partial charge in [-0.1, -0.05) is 18.2 Å². The van der Waals surface area contributed by atoms with E-state index in [4.69, 9.17) is 10.5 Å². The number of hydrogen-bond acceptors (Lipinski definition) is 2. The quantitative estimate of drug-likeness (QED) is 0.565. The third kappa shape index (κ3) is 4.99. The molecule has 2 N–H and O–H groups in total. The largest absolute Gasteiger partial charge is 0.493 e. The zero-order chi connectivity index (χ0) is 11.8. The lowest BCUT2D eigenvalue weighted by Crippen LogP contribution is -2.15. The minimum absolute atomic E-state index is 0.267. The van der Waals surface area contributed by atoms with Gasteiger partial charge in [0.1, 0.15) is 5.75 Å². The Morgan fingerprint density at radius 1 is 1.38 bits per heavy atom. The SMILES string of the molecule is C=CCCOc1ccc(CCC(C)N)cc1. The summed E-state index contributed by atoms with van der Waals surface area (Å²) in [6.07, 6.45) is 4.80. The van der Waals surface area contributed by atoms with E-state index in [1.165, 1.54) is 5.56 Å². The van der Waals surface area contributed by atoms with Crippen molar-refractivity contribution in [3.8, 4) is 5.75 Å². The zero-order valence-corrected chi connectivity index (χ0v) is 9.99. The van der Waals surface area contributed by atoms with Crippen LogP contribution in [0.4, 0.5) is 0 Å². The fourth-order valence-corrected chi connectivity index (χ4v) is 1.41. The van der Waals surface area contributed by atoms with Crippen molar-refractivity contribution in [3.05, 3.63) is 42.5 Å². The van der Waals surface area contributed by atoms with Gasteiger partial charge >= 0.3 is 0 Å². The van der Waals surface area contributed by atoms with Crippen LogP contribution in [-0.2, 0) is 6.42 Å². The molecule has 16 heavy (non-hydrogen) atoms. The second kappa shape index (κ2) is 7.07. The average molecular weight is 219 g/mol. The van der Waals surface area contributed by atoms with Crippen LogP contribution >= 0.6 is 0 Å². The van der Waals surface area contributed by atoms with Gasteiger partial charge in [0.2, 0.25) is 0 Å². The number of rotatable bonds is 7. The topological polar surface area (TPSA) is 35.2 Å². The van der Waals surface area contributed by atoms with Gasteiger partial charge in [-0.2, -0.15) is 0 Å². The Morgan fingerprint density at radius 3 is 2.62 bits per heavy atom. The van der Waals surface area contributed by atoms with Crippen molar-refractivity contribution in [2.75, 3.05) is 6.61 Å². The monoisotopic (exact) mass is 219 g/mol. The second-order valence-electron chi connectivity index (χ2n) is 4.09. The van der Waals surface area contributed by atoms with E-state index in [2.05, 4.69) is 18.7 Å². The smallest absolute Gasteiger partial charge is 0.119 e. The van der Waals surface area contributed by atoms with E-state index in [0.717, 1.165) is 25.0 Å². The van der Waals surface area contributed by atoms with E-state index in [0.29, 0.717) is 6.61 Å². The molecule has 2 heteroatoms. The summed E-state index contributed by atoms with van der Waals surface area (Å²) >= 11 is 0. The third-order valence-electron chi connectivity index (χ3n) is 2.40. The van der Waals surface area contributed by atoms with Crippen molar-refractivity contribution >= 4 is 0 Å². The molecule has 1 unspecified atom stereocenters. The molecule has 0 amide bonds. The molecule has 0 saturated carbocycles. The Morgan fingerprint density at radius 2 is 2.06 bits per heavy atom. The van der Waals surface area contributed by atoms with Crippen LogP contribution in [0.25, 0.3) is 0 Å². The van der Waals surface area contributed by atoms with Gasteiger partial charge in [-0.3, -0.25) is 0 Å². The maximum Gasteiger partial charge on any atom is 0.119 e. The van der Waals surface area contributed by atoms with Crippen molar-refractivity contribution in [1.29, 1.82) is 0 Å². The zero-order valence-electron chi connectivity index (χ0n) is 9.99. The molecule has 0 aromatic heterocycles. The minimum atomic E-state index is 0.267. The lowest BCUT2D eigenvalue weighted by Gasteiger charge is -2.07. The summed E-state index contributed by atoms with van der Waals surface area (Å²) in [6.45, 7) is 6.39. The number of benzene rings is 1. The Labute approximate surface area is 98.1 Å². The lowest BCUT2D eigenvalue weighted by atomic mass is 10.1. The first kappa shape index (κ1) is 12.8. The van der Waals surface area contributed by atoms with Crippen molar-refractivity contribution in [1.82, 2.24) is 0 Å². The number of nitrogens with two attached hydrogens (primary N) is 1. The molecule has 1 aromatic carbocycles. The molecule has 1 aromatic rings. The van der Waals surface area contributed by atoms with E-state index >= 15 is 0 Å². The molecule has 0 radical (unpaired) electrons. The van der Waals surface area contributed by atoms with Gasteiger partial charge in [0.25, 0.3) is 0 Å². The number of hydrogen-bond donors (Lipinski definition) is 1. The standard InChI is InChI=1S/C14H21NO/c1-3-4-11-16-14-9-7-13(8-10-14)6-5-12(2)15/h3,7-10,12H,1,4-6,11,15H2,2H3. The van der Waals surface area contributed by atoms with E-state index in [1.807, 2.05) is 25.1 Å². The molecule has 1 atom stereocenters. The highest BCUT2D eigenvalue weighted by atomic mass is 16.5. The first-order valence-electron chi connectivity index (χ1n) is 5.80.